The summed E-state index contributed by atoms with van der Waals surface area (Å²) < 4.78 is 40.4. The molecule has 0 unspecified atom stereocenters. The van der Waals surface area contributed by atoms with E-state index in [1.54, 1.807) is 12.1 Å². The minimum absolute atomic E-state index is 0.0852. The summed E-state index contributed by atoms with van der Waals surface area (Å²) in [6, 6.07) is 8.25. The topological polar surface area (TPSA) is 80.0 Å². The lowest BCUT2D eigenvalue weighted by Gasteiger charge is -2.15. The van der Waals surface area contributed by atoms with Crippen molar-refractivity contribution in [3.8, 4) is 5.69 Å². The highest BCUT2D eigenvalue weighted by Crippen LogP contribution is 2.31. The molecule has 0 spiro atoms. The predicted octanol–water partition coefficient (Wildman–Crippen LogP) is 3.25. The largest absolute Gasteiger partial charge is 0.433 e. The number of pyridine rings is 1. The number of para-hydroxylation sites is 1. The van der Waals surface area contributed by atoms with Crippen LogP contribution in [-0.2, 0) is 6.18 Å². The monoisotopic (exact) mass is 398 g/mol. The molecule has 0 saturated carbocycles. The van der Waals surface area contributed by atoms with Gasteiger partial charge in [0.2, 0.25) is 0 Å². The molecule has 2 N–H and O–H groups in total. The second kappa shape index (κ2) is 7.53. The number of rotatable bonds is 5. The number of nitrogens with zero attached hydrogens (tertiary/aromatic N) is 3. The van der Waals surface area contributed by atoms with E-state index in [-0.39, 0.29) is 40.7 Å². The summed E-state index contributed by atoms with van der Waals surface area (Å²) in [5.41, 5.74) is -2.00. The lowest BCUT2D eigenvalue weighted by atomic mass is 10.2. The van der Waals surface area contributed by atoms with E-state index in [1.165, 1.54) is 18.2 Å². The summed E-state index contributed by atoms with van der Waals surface area (Å²) in [5, 5.41) is 12.1. The fourth-order valence-electron chi connectivity index (χ4n) is 2.53. The predicted molar refractivity (Wildman–Crippen MR) is 95.3 cm³/mol. The number of nitrogens with one attached hydrogen (secondary N) is 1. The van der Waals surface area contributed by atoms with Crippen LogP contribution in [0.25, 0.3) is 16.7 Å². The lowest BCUT2D eigenvalue weighted by molar-refractivity contribution is -0.141. The molecule has 0 aliphatic carbocycles. The number of halogens is 4. The summed E-state index contributed by atoms with van der Waals surface area (Å²) in [4.78, 5) is 20.2. The van der Waals surface area contributed by atoms with Gasteiger partial charge in [0.05, 0.1) is 16.1 Å². The third kappa shape index (κ3) is 3.88. The number of aliphatic hydroxyl groups excluding tert-OH is 1. The van der Waals surface area contributed by atoms with E-state index in [2.05, 4.69) is 15.3 Å². The first-order valence-electron chi connectivity index (χ1n) is 7.93. The van der Waals surface area contributed by atoms with Gasteiger partial charge in [-0.2, -0.15) is 18.2 Å². The number of benzene rings is 1. The maximum Gasteiger partial charge on any atom is 0.433 e. The van der Waals surface area contributed by atoms with E-state index in [0.29, 0.717) is 6.42 Å². The Hall–Kier alpha value is -2.65. The maximum absolute atomic E-state index is 13.1. The van der Waals surface area contributed by atoms with Gasteiger partial charge in [-0.1, -0.05) is 23.7 Å². The van der Waals surface area contributed by atoms with Crippen molar-refractivity contribution in [2.45, 2.75) is 12.6 Å². The molecule has 0 amide bonds. The Labute approximate surface area is 156 Å². The van der Waals surface area contributed by atoms with Gasteiger partial charge in [0.1, 0.15) is 11.5 Å². The van der Waals surface area contributed by atoms with Crippen molar-refractivity contribution < 1.29 is 18.3 Å². The van der Waals surface area contributed by atoms with Crippen molar-refractivity contribution in [1.82, 2.24) is 14.5 Å². The number of hydrogen-bond acceptors (Lipinski definition) is 5. The summed E-state index contributed by atoms with van der Waals surface area (Å²) in [6.07, 6.45) is -4.30. The first kappa shape index (κ1) is 19.1. The van der Waals surface area contributed by atoms with Gasteiger partial charge >= 0.3 is 11.9 Å². The third-order valence-electron chi connectivity index (χ3n) is 3.75. The molecule has 3 aromatic rings. The van der Waals surface area contributed by atoms with E-state index in [4.69, 9.17) is 16.7 Å². The Morgan fingerprint density at radius 1 is 1.15 bits per heavy atom. The molecule has 3 rings (SSSR count). The van der Waals surface area contributed by atoms with Gasteiger partial charge in [-0.15, -0.1) is 0 Å². The fraction of sp³-hybridized carbons (Fsp3) is 0.235. The van der Waals surface area contributed by atoms with Crippen LogP contribution in [0.3, 0.4) is 0 Å². The molecular weight excluding hydrogens is 385 g/mol. The Morgan fingerprint density at radius 3 is 2.56 bits per heavy atom. The lowest BCUT2D eigenvalue weighted by Crippen LogP contribution is -2.25. The molecule has 142 valence electrons. The van der Waals surface area contributed by atoms with Crippen molar-refractivity contribution in [1.29, 1.82) is 0 Å². The van der Waals surface area contributed by atoms with Crippen LogP contribution in [0, 0.1) is 0 Å². The SMILES string of the molecule is O=c1nc(NCCCO)c2ccc(C(F)(F)F)nc2n1-c1ccccc1Cl. The van der Waals surface area contributed by atoms with E-state index in [0.717, 1.165) is 10.6 Å². The average Bonchev–Trinajstić information content (AvgIpc) is 2.62. The highest BCUT2D eigenvalue weighted by molar-refractivity contribution is 6.32. The summed E-state index contributed by atoms with van der Waals surface area (Å²) in [7, 11) is 0. The molecule has 0 radical (unpaired) electrons. The number of fused-ring (bicyclic) bond motifs is 1. The van der Waals surface area contributed by atoms with Gasteiger partial charge in [0.25, 0.3) is 0 Å². The van der Waals surface area contributed by atoms with Crippen LogP contribution in [-0.4, -0.2) is 32.8 Å². The van der Waals surface area contributed by atoms with E-state index >= 15 is 0 Å². The van der Waals surface area contributed by atoms with Crippen LogP contribution in [0.4, 0.5) is 19.0 Å². The van der Waals surface area contributed by atoms with Gasteiger partial charge < -0.3 is 10.4 Å². The van der Waals surface area contributed by atoms with E-state index in [9.17, 15) is 18.0 Å². The molecule has 0 aliphatic rings. The Kier molecular flexibility index (Phi) is 5.33. The minimum atomic E-state index is -4.68. The molecule has 2 heterocycles. The molecule has 6 nitrogen and oxygen atoms in total. The van der Waals surface area contributed by atoms with Crippen LogP contribution < -0.4 is 11.0 Å². The van der Waals surface area contributed by atoms with Crippen molar-refractivity contribution in [3.05, 3.63) is 57.6 Å². The number of anilines is 1. The normalized spacial score (nSPS) is 11.7. The second-order valence-electron chi connectivity index (χ2n) is 5.60. The molecule has 1 aromatic carbocycles. The number of aliphatic hydroxyl groups is 1. The molecule has 0 bridgehead atoms. The van der Waals surface area contributed by atoms with Crippen molar-refractivity contribution >= 4 is 28.5 Å². The fourth-order valence-corrected chi connectivity index (χ4v) is 2.75. The number of hydrogen-bond donors (Lipinski definition) is 2. The van der Waals surface area contributed by atoms with E-state index < -0.39 is 17.6 Å². The van der Waals surface area contributed by atoms with E-state index in [1.807, 2.05) is 0 Å². The Balaban J connectivity index is 2.31. The quantitative estimate of drug-likeness (QED) is 0.645. The molecule has 0 fully saturated rings. The number of alkyl halides is 3. The van der Waals surface area contributed by atoms with Gasteiger partial charge in [0, 0.05) is 13.2 Å². The average molecular weight is 399 g/mol. The highest BCUT2D eigenvalue weighted by Gasteiger charge is 2.33. The third-order valence-corrected chi connectivity index (χ3v) is 4.07. The van der Waals surface area contributed by atoms with Gasteiger partial charge in [-0.05, 0) is 30.7 Å². The molecule has 0 atom stereocenters. The molecular formula is C17H14ClF3N4O2. The zero-order valence-corrected chi connectivity index (χ0v) is 14.6. The first-order valence-corrected chi connectivity index (χ1v) is 8.31. The van der Waals surface area contributed by atoms with Crippen LogP contribution in [0.2, 0.25) is 5.02 Å². The van der Waals surface area contributed by atoms with Crippen molar-refractivity contribution in [2.75, 3.05) is 18.5 Å². The highest BCUT2D eigenvalue weighted by atomic mass is 35.5. The van der Waals surface area contributed by atoms with Gasteiger partial charge in [-0.25, -0.2) is 14.3 Å². The second-order valence-corrected chi connectivity index (χ2v) is 6.01. The van der Waals surface area contributed by atoms with Crippen LogP contribution in [0.15, 0.2) is 41.2 Å². The zero-order valence-electron chi connectivity index (χ0n) is 13.8. The van der Waals surface area contributed by atoms with Gasteiger partial charge in [0.15, 0.2) is 5.65 Å². The number of aromatic nitrogens is 3. The smallest absolute Gasteiger partial charge is 0.396 e. The zero-order chi connectivity index (χ0) is 19.6. The molecule has 10 heteroatoms. The summed E-state index contributed by atoms with van der Waals surface area (Å²) in [5.74, 6) is 0.0907. The Morgan fingerprint density at radius 2 is 1.89 bits per heavy atom. The first-order chi connectivity index (χ1) is 12.8. The van der Waals surface area contributed by atoms with Crippen molar-refractivity contribution in [3.63, 3.8) is 0 Å². The van der Waals surface area contributed by atoms with Crippen LogP contribution in [0.1, 0.15) is 12.1 Å². The minimum Gasteiger partial charge on any atom is -0.396 e. The molecule has 0 aliphatic heterocycles. The summed E-state index contributed by atoms with van der Waals surface area (Å²) >= 11 is 6.12. The standard InChI is InChI=1S/C17H14ClF3N4O2/c18-11-4-1-2-5-12(11)25-15-10(6-7-13(23-15)17(19,20)21)14(24-16(25)27)22-8-3-9-26/h1-2,4-7,26H,3,8-9H2,(H,22,24,27). The molecule has 27 heavy (non-hydrogen) atoms. The molecule has 0 saturated heterocycles. The molecule has 2 aromatic heterocycles. The summed E-state index contributed by atoms with van der Waals surface area (Å²) in [6.45, 7) is 0.202. The Bertz CT molecular complexity index is 1040. The van der Waals surface area contributed by atoms with Crippen LogP contribution >= 0.6 is 11.6 Å². The maximum atomic E-state index is 13.1. The van der Waals surface area contributed by atoms with Gasteiger partial charge in [-0.3, -0.25) is 0 Å². The van der Waals surface area contributed by atoms with Crippen molar-refractivity contribution in [2.24, 2.45) is 0 Å². The van der Waals surface area contributed by atoms with Crippen LogP contribution in [0.5, 0.6) is 0 Å².